The Morgan fingerprint density at radius 3 is 2.12 bits per heavy atom. The number of carbonyl (C=O) groups is 3. The van der Waals surface area contributed by atoms with Crippen molar-refractivity contribution in [3.63, 3.8) is 0 Å². The highest BCUT2D eigenvalue weighted by molar-refractivity contribution is 5.98. The monoisotopic (exact) mass is 720 g/mol. The van der Waals surface area contributed by atoms with E-state index in [9.17, 15) is 40.7 Å². The molecular weight excluding hydrogens is 678 g/mol. The van der Waals surface area contributed by atoms with E-state index in [2.05, 4.69) is 34.9 Å². The Morgan fingerprint density at radius 1 is 0.980 bits per heavy atom. The summed E-state index contributed by atoms with van der Waals surface area (Å²) in [5.74, 6) is -4.44. The molecule has 12 nitrogen and oxygen atoms in total. The van der Waals surface area contributed by atoms with E-state index >= 15 is 0 Å². The van der Waals surface area contributed by atoms with Crippen LogP contribution in [0, 0.1) is 0 Å². The van der Waals surface area contributed by atoms with E-state index in [1.807, 2.05) is 24.6 Å². The number of rotatable bonds is 14. The number of hydrogen-bond donors (Lipinski definition) is 3. The fraction of sp³-hybridized carbons (Fsp3) is 0.500. The molecule has 0 bridgehead atoms. The molecule has 2 rings (SSSR count). The van der Waals surface area contributed by atoms with Gasteiger partial charge in [-0.25, -0.2) is 9.78 Å². The van der Waals surface area contributed by atoms with Crippen LogP contribution in [-0.2, 0) is 26.0 Å². The van der Waals surface area contributed by atoms with Gasteiger partial charge < -0.3 is 13.9 Å². The number of anilines is 1. The molecule has 2 aromatic heterocycles. The van der Waals surface area contributed by atoms with Crippen LogP contribution in [0.4, 0.5) is 36.8 Å². The highest BCUT2D eigenvalue weighted by Gasteiger charge is 2.61. The van der Waals surface area contributed by atoms with Crippen molar-refractivity contribution in [2.24, 2.45) is 0 Å². The summed E-state index contributed by atoms with van der Waals surface area (Å²) in [4.78, 5) is 41.2. The van der Waals surface area contributed by atoms with Gasteiger partial charge in [0.1, 0.15) is 11.3 Å². The lowest BCUT2D eigenvalue weighted by atomic mass is 9.96. The summed E-state index contributed by atoms with van der Waals surface area (Å²) in [6, 6.07) is 0.279. The molecule has 3 N–H and O–H groups in total. The van der Waals surface area contributed by atoms with Crippen molar-refractivity contribution in [1.82, 2.24) is 26.0 Å². The quantitative estimate of drug-likeness (QED) is 0.100. The number of alkyl halides is 6. The topological polar surface area (TPSA) is 158 Å². The van der Waals surface area contributed by atoms with Gasteiger partial charge in [0.05, 0.1) is 17.9 Å². The number of hydrazine groups is 1. The van der Waals surface area contributed by atoms with Crippen LogP contribution in [0.15, 0.2) is 47.9 Å². The molecule has 278 valence electrons. The van der Waals surface area contributed by atoms with Crippen molar-refractivity contribution < 1.29 is 54.6 Å². The largest absolute Gasteiger partial charge is 0.444 e. The zero-order valence-corrected chi connectivity index (χ0v) is 28.7. The Morgan fingerprint density at radius 2 is 1.60 bits per heavy atom. The third-order valence-electron chi connectivity index (χ3n) is 6.22. The number of nitrogens with one attached hydrogen (secondary N) is 3. The third kappa shape index (κ3) is 12.0. The first-order chi connectivity index (χ1) is 23.2. The minimum absolute atomic E-state index is 0.168. The first kappa shape index (κ1) is 43.3. The van der Waals surface area contributed by atoms with Gasteiger partial charge in [-0.2, -0.15) is 26.3 Å². The fourth-order valence-electron chi connectivity index (χ4n) is 3.76. The second-order valence-corrected chi connectivity index (χ2v) is 11.2. The number of carbonyl (C=O) groups excluding carboxylic acids is 3. The molecule has 0 aliphatic carbocycles. The van der Waals surface area contributed by atoms with Crippen molar-refractivity contribution >= 4 is 23.6 Å². The maximum Gasteiger partial charge on any atom is 0.426 e. The predicted molar refractivity (Wildman–Crippen MR) is 171 cm³/mol. The van der Waals surface area contributed by atoms with E-state index in [1.165, 1.54) is 32.9 Å². The van der Waals surface area contributed by atoms with Gasteiger partial charge in [0.2, 0.25) is 11.5 Å². The van der Waals surface area contributed by atoms with E-state index in [1.54, 1.807) is 12.3 Å². The average molecular weight is 721 g/mol. The van der Waals surface area contributed by atoms with Crippen LogP contribution in [0.3, 0.4) is 0 Å². The van der Waals surface area contributed by atoms with E-state index in [0.29, 0.717) is 5.57 Å². The van der Waals surface area contributed by atoms with Crippen molar-refractivity contribution in [1.29, 1.82) is 0 Å². The molecule has 50 heavy (non-hydrogen) atoms. The number of halogens is 6. The van der Waals surface area contributed by atoms with Crippen LogP contribution < -0.4 is 16.2 Å². The molecule has 0 fully saturated rings. The molecule has 1 unspecified atom stereocenters. The lowest BCUT2D eigenvalue weighted by Crippen LogP contribution is -2.45. The molecule has 0 aliphatic heterocycles. The molecule has 2 aromatic rings. The first-order valence-corrected chi connectivity index (χ1v) is 15.3. The van der Waals surface area contributed by atoms with Crippen LogP contribution in [0.25, 0.3) is 11.6 Å². The Labute approximate surface area is 285 Å². The van der Waals surface area contributed by atoms with Gasteiger partial charge in [0.15, 0.2) is 5.69 Å². The van der Waals surface area contributed by atoms with Crippen molar-refractivity contribution in [2.45, 2.75) is 97.2 Å². The number of nitrogens with zero attached hydrogens (tertiary/aromatic N) is 3. The minimum atomic E-state index is -5.28. The Hall–Kier alpha value is -4.74. The number of aromatic nitrogens is 3. The second-order valence-electron chi connectivity index (χ2n) is 11.2. The van der Waals surface area contributed by atoms with Crippen LogP contribution in [0.1, 0.15) is 95.6 Å². The predicted octanol–water partition coefficient (Wildman–Crippen LogP) is 7.96. The molecule has 0 aromatic carbocycles. The molecular formula is C32H42F6N6O6. The van der Waals surface area contributed by atoms with Gasteiger partial charge in [0.25, 0.3) is 17.7 Å². The third-order valence-corrected chi connectivity index (χ3v) is 6.22. The normalized spacial score (nSPS) is 12.8. The second kappa shape index (κ2) is 18.3. The first-order valence-electron chi connectivity index (χ1n) is 15.3. The van der Waals surface area contributed by atoms with Crippen molar-refractivity contribution in [3.8, 4) is 11.6 Å². The number of amides is 3. The van der Waals surface area contributed by atoms with Crippen molar-refractivity contribution in [2.75, 3.05) is 11.9 Å². The molecule has 1 atom stereocenters. The molecule has 18 heteroatoms. The lowest BCUT2D eigenvalue weighted by Gasteiger charge is -2.32. The molecule has 3 amide bonds. The van der Waals surface area contributed by atoms with Gasteiger partial charge in [-0.1, -0.05) is 45.1 Å². The molecule has 0 saturated carbocycles. The Balaban J connectivity index is 0.00000613. The standard InChI is InChI=1S/C30H36F6N6O6.C2H6/c1-8-11-13-20(43)39-40-23(44)21-18(29(31,32)33)15-19(37-26(45)48-27(5,6)7)22(38-21)24-41-42-25(47-24)28(14-12-9-2,30(34,35)36)46-16-17(4)10-3;1-2/h8-9,15H,1-2,4,10-14,16H2,3,5-7H3,(H,37,45)(H,39,43)(H,40,44);1-2H3. The maximum atomic E-state index is 14.7. The summed E-state index contributed by atoms with van der Waals surface area (Å²) < 4.78 is 103. The highest BCUT2D eigenvalue weighted by Crippen LogP contribution is 2.46. The lowest BCUT2D eigenvalue weighted by molar-refractivity contribution is -0.292. The van der Waals surface area contributed by atoms with Gasteiger partial charge >= 0.3 is 18.4 Å². The van der Waals surface area contributed by atoms with E-state index in [4.69, 9.17) is 13.9 Å². The van der Waals surface area contributed by atoms with Gasteiger partial charge in [-0.05, 0) is 52.5 Å². The van der Waals surface area contributed by atoms with Crippen LogP contribution in [0.2, 0.25) is 0 Å². The van der Waals surface area contributed by atoms with Gasteiger partial charge in [0, 0.05) is 6.42 Å². The maximum absolute atomic E-state index is 14.7. The number of allylic oxidation sites excluding steroid dienone is 2. The van der Waals surface area contributed by atoms with Crippen LogP contribution in [0.5, 0.6) is 0 Å². The number of pyridine rings is 1. The summed E-state index contributed by atoms with van der Waals surface area (Å²) in [6.45, 7) is 20.0. The van der Waals surface area contributed by atoms with Crippen molar-refractivity contribution in [3.05, 3.63) is 60.7 Å². The zero-order chi connectivity index (χ0) is 38.5. The van der Waals surface area contributed by atoms with E-state index < -0.39 is 88.9 Å². The molecule has 0 saturated heterocycles. The highest BCUT2D eigenvalue weighted by atomic mass is 19.4. The van der Waals surface area contributed by atoms with Crippen LogP contribution >= 0.6 is 0 Å². The molecule has 0 radical (unpaired) electrons. The van der Waals surface area contributed by atoms with Gasteiger partial charge in [-0.3, -0.25) is 25.8 Å². The minimum Gasteiger partial charge on any atom is -0.444 e. The zero-order valence-electron chi connectivity index (χ0n) is 28.7. The number of ether oxygens (including phenoxy) is 2. The summed E-state index contributed by atoms with van der Waals surface area (Å²) in [7, 11) is 0. The van der Waals surface area contributed by atoms with Crippen LogP contribution in [-0.4, -0.2) is 51.5 Å². The fourth-order valence-corrected chi connectivity index (χ4v) is 3.76. The molecule has 0 aliphatic rings. The summed E-state index contributed by atoms with van der Waals surface area (Å²) >= 11 is 0. The van der Waals surface area contributed by atoms with E-state index in [0.717, 1.165) is 0 Å². The smallest absolute Gasteiger partial charge is 0.426 e. The number of hydrogen-bond acceptors (Lipinski definition) is 9. The summed E-state index contributed by atoms with van der Waals surface area (Å²) in [6.07, 6.45) is -9.90. The SMILES string of the molecule is C=CCCC(=O)NNC(=O)c1nc(-c2nnc(C(CCC=C)(OCC(=C)CC)C(F)(F)F)o2)c(NC(=O)OC(C)(C)C)cc1C(F)(F)F.CC. The average Bonchev–Trinajstić information content (AvgIpc) is 3.51. The molecule has 2 heterocycles. The van der Waals surface area contributed by atoms with Gasteiger partial charge in [-0.15, -0.1) is 23.4 Å². The Bertz CT molecular complexity index is 1520. The molecule has 0 spiro atoms. The summed E-state index contributed by atoms with van der Waals surface area (Å²) in [5, 5.41) is 9.11. The van der Waals surface area contributed by atoms with E-state index in [-0.39, 0.29) is 31.7 Å². The summed E-state index contributed by atoms with van der Waals surface area (Å²) in [5.41, 5.74) is -5.07. The Kier molecular flexibility index (Phi) is 15.8.